The molecule has 0 saturated heterocycles. The lowest BCUT2D eigenvalue weighted by atomic mass is 9.52. The minimum atomic E-state index is -0.261. The first kappa shape index (κ1) is 17.0. The predicted octanol–water partition coefficient (Wildman–Crippen LogP) is 3.54. The number of esters is 1. The van der Waals surface area contributed by atoms with E-state index in [-0.39, 0.29) is 36.1 Å². The van der Waals surface area contributed by atoms with Crippen LogP contribution in [0.1, 0.15) is 60.9 Å². The quantitative estimate of drug-likeness (QED) is 0.653. The first-order chi connectivity index (χ1) is 13.0. The highest BCUT2D eigenvalue weighted by atomic mass is 16.5. The molecule has 142 valence electrons. The van der Waals surface area contributed by atoms with Crippen molar-refractivity contribution >= 4 is 23.3 Å². The number of ether oxygens (including phenoxy) is 1. The number of anilines is 1. The number of fused-ring (bicyclic) bond motifs is 1. The van der Waals surface area contributed by atoms with Crippen LogP contribution >= 0.6 is 0 Å². The van der Waals surface area contributed by atoms with Gasteiger partial charge in [0.25, 0.3) is 0 Å². The molecular formula is C22H25NO4. The monoisotopic (exact) mass is 367 g/mol. The fourth-order valence-corrected chi connectivity index (χ4v) is 6.22. The summed E-state index contributed by atoms with van der Waals surface area (Å²) in [5, 5.41) is 2.80. The zero-order chi connectivity index (χ0) is 18.7. The first-order valence-corrected chi connectivity index (χ1v) is 10.1. The van der Waals surface area contributed by atoms with Gasteiger partial charge in [-0.1, -0.05) is 0 Å². The highest BCUT2D eigenvalue weighted by Crippen LogP contribution is 2.56. The van der Waals surface area contributed by atoms with Crippen LogP contribution < -0.4 is 5.32 Å². The summed E-state index contributed by atoms with van der Waals surface area (Å²) >= 11 is 0. The van der Waals surface area contributed by atoms with E-state index in [1.165, 1.54) is 6.42 Å². The fourth-order valence-electron chi connectivity index (χ4n) is 6.22. The molecule has 1 N–H and O–H groups in total. The Morgan fingerprint density at radius 3 is 2.41 bits per heavy atom. The summed E-state index contributed by atoms with van der Waals surface area (Å²) in [6.07, 6.45) is 5.98. The van der Waals surface area contributed by atoms with Gasteiger partial charge in [0.05, 0.1) is 11.8 Å². The van der Waals surface area contributed by atoms with Gasteiger partial charge in [-0.15, -0.1) is 0 Å². The summed E-state index contributed by atoms with van der Waals surface area (Å²) in [5.41, 5.74) is 2.09. The Bertz CT molecular complexity index is 802. The maximum absolute atomic E-state index is 12.7. The summed E-state index contributed by atoms with van der Waals surface area (Å²) in [6, 6.07) is 5.19. The minimum Gasteiger partial charge on any atom is -0.457 e. The van der Waals surface area contributed by atoms with Gasteiger partial charge in [0, 0.05) is 11.3 Å². The number of nitrogens with one attached hydrogen (secondary N) is 1. The third kappa shape index (κ3) is 2.79. The molecule has 4 aliphatic carbocycles. The number of ketones is 1. The van der Waals surface area contributed by atoms with Gasteiger partial charge in [-0.3, -0.25) is 14.4 Å². The Morgan fingerprint density at radius 1 is 1.07 bits per heavy atom. The van der Waals surface area contributed by atoms with Crippen molar-refractivity contribution in [2.24, 2.45) is 29.6 Å². The second-order valence-corrected chi connectivity index (χ2v) is 9.00. The summed E-state index contributed by atoms with van der Waals surface area (Å²) < 4.78 is 5.48. The Labute approximate surface area is 158 Å². The van der Waals surface area contributed by atoms with Crippen LogP contribution in [0, 0.1) is 29.6 Å². The average molecular weight is 367 g/mol. The van der Waals surface area contributed by atoms with Gasteiger partial charge in [0.15, 0.2) is 12.4 Å². The molecule has 0 aromatic heterocycles. The van der Waals surface area contributed by atoms with E-state index in [0.29, 0.717) is 17.4 Å². The number of rotatable bonds is 4. The van der Waals surface area contributed by atoms with E-state index in [1.807, 2.05) is 6.92 Å². The van der Waals surface area contributed by atoms with Crippen molar-refractivity contribution in [3.8, 4) is 0 Å². The second-order valence-electron chi connectivity index (χ2n) is 9.00. The molecule has 1 aliphatic heterocycles. The molecule has 1 heterocycles. The Morgan fingerprint density at radius 2 is 1.74 bits per heavy atom. The van der Waals surface area contributed by atoms with Crippen LogP contribution in [0.15, 0.2) is 18.2 Å². The largest absolute Gasteiger partial charge is 0.457 e. The number of carbonyl (C=O) groups excluding carboxylic acids is 3. The van der Waals surface area contributed by atoms with Crippen LogP contribution in [-0.2, 0) is 14.3 Å². The van der Waals surface area contributed by atoms with Gasteiger partial charge in [-0.05, 0) is 86.5 Å². The standard InChI is InChI=1S/C22H25NO4/c1-11-17-9-14(2-3-18(17)23-21(11)25)19(24)10-27-22(26)20-15-5-12-4-13(7-15)8-16(20)6-12/h2-3,9,11-13,15-16,20H,4-8,10H2,1H3,(H,23,25)/t11-,12?,13?,15?,16?,20?/m0/s1. The van der Waals surface area contributed by atoms with Gasteiger partial charge in [-0.2, -0.15) is 0 Å². The van der Waals surface area contributed by atoms with E-state index in [1.54, 1.807) is 18.2 Å². The van der Waals surface area contributed by atoms with Gasteiger partial charge >= 0.3 is 5.97 Å². The van der Waals surface area contributed by atoms with E-state index in [9.17, 15) is 14.4 Å². The number of carbonyl (C=O) groups is 3. The molecule has 0 unspecified atom stereocenters. The third-order valence-corrected chi connectivity index (χ3v) is 7.34. The minimum absolute atomic E-state index is 0.00698. The number of amides is 1. The molecule has 4 bridgehead atoms. The molecule has 5 nitrogen and oxygen atoms in total. The Hall–Kier alpha value is -2.17. The molecular weight excluding hydrogens is 342 g/mol. The lowest BCUT2D eigenvalue weighted by Crippen LogP contribution is -2.48. The van der Waals surface area contributed by atoms with E-state index in [4.69, 9.17) is 4.74 Å². The van der Waals surface area contributed by atoms with Crippen LogP contribution in [0.4, 0.5) is 5.69 Å². The lowest BCUT2D eigenvalue weighted by Gasteiger charge is -2.53. The topological polar surface area (TPSA) is 72.5 Å². The van der Waals surface area contributed by atoms with Crippen LogP contribution in [0.2, 0.25) is 0 Å². The van der Waals surface area contributed by atoms with E-state index in [0.717, 1.165) is 48.8 Å². The molecule has 4 saturated carbocycles. The van der Waals surface area contributed by atoms with Crippen molar-refractivity contribution in [2.45, 2.75) is 44.9 Å². The first-order valence-electron chi connectivity index (χ1n) is 10.1. The van der Waals surface area contributed by atoms with Crippen molar-refractivity contribution in [3.63, 3.8) is 0 Å². The maximum atomic E-state index is 12.7. The van der Waals surface area contributed by atoms with Gasteiger partial charge < -0.3 is 10.1 Å². The number of hydrogen-bond donors (Lipinski definition) is 1. The molecule has 5 aliphatic rings. The summed E-state index contributed by atoms with van der Waals surface area (Å²) in [6.45, 7) is 1.61. The van der Waals surface area contributed by atoms with Crippen molar-refractivity contribution in [2.75, 3.05) is 11.9 Å². The SMILES string of the molecule is C[C@@H]1C(=O)Nc2ccc(C(=O)COC(=O)C3C4CC5CC(C4)CC3C5)cc21. The van der Waals surface area contributed by atoms with Crippen LogP contribution in [0.5, 0.6) is 0 Å². The van der Waals surface area contributed by atoms with Crippen molar-refractivity contribution in [3.05, 3.63) is 29.3 Å². The smallest absolute Gasteiger partial charge is 0.309 e. The summed E-state index contributed by atoms with van der Waals surface area (Å²) in [4.78, 5) is 37.0. The molecule has 27 heavy (non-hydrogen) atoms. The number of hydrogen-bond acceptors (Lipinski definition) is 4. The van der Waals surface area contributed by atoms with Crippen molar-refractivity contribution < 1.29 is 19.1 Å². The summed E-state index contributed by atoms with van der Waals surface area (Å²) in [7, 11) is 0. The maximum Gasteiger partial charge on any atom is 0.309 e. The van der Waals surface area contributed by atoms with Gasteiger partial charge in [0.1, 0.15) is 0 Å². The highest BCUT2D eigenvalue weighted by Gasteiger charge is 2.51. The lowest BCUT2D eigenvalue weighted by molar-refractivity contribution is -0.161. The molecule has 4 fully saturated rings. The van der Waals surface area contributed by atoms with E-state index >= 15 is 0 Å². The molecule has 5 heteroatoms. The highest BCUT2D eigenvalue weighted by molar-refractivity contribution is 6.05. The van der Waals surface area contributed by atoms with Crippen LogP contribution in [-0.4, -0.2) is 24.3 Å². The zero-order valence-electron chi connectivity index (χ0n) is 15.6. The third-order valence-electron chi connectivity index (χ3n) is 7.34. The van der Waals surface area contributed by atoms with Crippen molar-refractivity contribution in [1.82, 2.24) is 0 Å². The Balaban J connectivity index is 1.24. The van der Waals surface area contributed by atoms with Crippen LogP contribution in [0.25, 0.3) is 0 Å². The Kier molecular flexibility index (Phi) is 3.88. The number of benzene rings is 1. The zero-order valence-corrected chi connectivity index (χ0v) is 15.6. The van der Waals surface area contributed by atoms with E-state index < -0.39 is 0 Å². The second kappa shape index (κ2) is 6.18. The van der Waals surface area contributed by atoms with Crippen LogP contribution in [0.3, 0.4) is 0 Å². The fraction of sp³-hybridized carbons (Fsp3) is 0.591. The molecule has 0 radical (unpaired) electrons. The average Bonchev–Trinajstić information content (AvgIpc) is 2.92. The van der Waals surface area contributed by atoms with Crippen molar-refractivity contribution in [1.29, 1.82) is 0 Å². The molecule has 0 spiro atoms. The number of Topliss-reactive ketones (excluding diaryl/α,β-unsaturated/α-hetero) is 1. The molecule has 1 aromatic rings. The van der Waals surface area contributed by atoms with E-state index in [2.05, 4.69) is 5.32 Å². The van der Waals surface area contributed by atoms with Gasteiger partial charge in [-0.25, -0.2) is 0 Å². The molecule has 1 aromatic carbocycles. The summed E-state index contributed by atoms with van der Waals surface area (Å²) in [5.74, 6) is 1.83. The predicted molar refractivity (Wildman–Crippen MR) is 99.3 cm³/mol. The molecule has 1 atom stereocenters. The van der Waals surface area contributed by atoms with Gasteiger partial charge in [0.2, 0.25) is 5.91 Å². The molecule has 1 amide bonds. The normalized spacial score (nSPS) is 35.7. The molecule has 6 rings (SSSR count).